The molecule has 0 aromatic carbocycles. The first-order chi connectivity index (χ1) is 9.96. The maximum atomic E-state index is 11.8. The zero-order valence-corrected chi connectivity index (χ0v) is 12.5. The fourth-order valence-electron chi connectivity index (χ4n) is 1.29. The molecule has 0 bridgehead atoms. The maximum absolute atomic E-state index is 11.8. The monoisotopic (exact) mass is 302 g/mol. The van der Waals surface area contributed by atoms with E-state index in [9.17, 15) is 14.4 Å². The number of amides is 1. The van der Waals surface area contributed by atoms with Gasteiger partial charge in [-0.2, -0.15) is 0 Å². The van der Waals surface area contributed by atoms with Crippen LogP contribution >= 0.6 is 0 Å². The van der Waals surface area contributed by atoms with E-state index in [1.54, 1.807) is 6.92 Å². The number of carbonyl (C=O) groups excluding carboxylic acids is 3. The van der Waals surface area contributed by atoms with Crippen LogP contribution in [0.2, 0.25) is 0 Å². The van der Waals surface area contributed by atoms with E-state index in [0.717, 1.165) is 0 Å². The number of rotatable bonds is 11. The molecule has 0 fully saturated rings. The highest BCUT2D eigenvalue weighted by molar-refractivity contribution is 6.26. The Bertz CT molecular complexity index is 372. The summed E-state index contributed by atoms with van der Waals surface area (Å²) >= 11 is 0. The van der Waals surface area contributed by atoms with Crippen LogP contribution in [0.1, 0.15) is 26.7 Å². The molecular formula is C13H22N2O6. The first-order valence-electron chi connectivity index (χ1n) is 6.57. The fourth-order valence-corrected chi connectivity index (χ4v) is 1.29. The van der Waals surface area contributed by atoms with Gasteiger partial charge < -0.3 is 24.9 Å². The van der Waals surface area contributed by atoms with Gasteiger partial charge in [-0.1, -0.05) is 0 Å². The molecule has 0 unspecified atom stereocenters. The third kappa shape index (κ3) is 8.16. The van der Waals surface area contributed by atoms with Crippen LogP contribution in [-0.4, -0.2) is 56.5 Å². The van der Waals surface area contributed by atoms with Crippen molar-refractivity contribution in [2.24, 2.45) is 0 Å². The largest absolute Gasteiger partial charge is 0.437 e. The van der Waals surface area contributed by atoms with Gasteiger partial charge in [0.2, 0.25) is 5.91 Å². The van der Waals surface area contributed by atoms with Crippen molar-refractivity contribution in [1.29, 1.82) is 5.41 Å². The van der Waals surface area contributed by atoms with Gasteiger partial charge in [-0.3, -0.25) is 9.59 Å². The Morgan fingerprint density at radius 3 is 2.52 bits per heavy atom. The van der Waals surface area contributed by atoms with Gasteiger partial charge in [0.15, 0.2) is 12.6 Å². The summed E-state index contributed by atoms with van der Waals surface area (Å²) in [7, 11) is 1.37. The topological polar surface area (TPSA) is 115 Å². The molecule has 0 saturated carbocycles. The molecule has 0 radical (unpaired) electrons. The summed E-state index contributed by atoms with van der Waals surface area (Å²) in [5.41, 5.74) is 0. The lowest BCUT2D eigenvalue weighted by molar-refractivity contribution is -0.160. The highest BCUT2D eigenvalue weighted by atomic mass is 16.7. The lowest BCUT2D eigenvalue weighted by atomic mass is 10.1. The van der Waals surface area contributed by atoms with Crippen LogP contribution in [0.5, 0.6) is 0 Å². The Morgan fingerprint density at radius 2 is 2.00 bits per heavy atom. The lowest BCUT2D eigenvalue weighted by Crippen LogP contribution is -2.46. The molecule has 8 nitrogen and oxygen atoms in total. The molecule has 2 N–H and O–H groups in total. The summed E-state index contributed by atoms with van der Waals surface area (Å²) in [5, 5.41) is 9.27. The highest BCUT2D eigenvalue weighted by Crippen LogP contribution is 2.03. The van der Waals surface area contributed by atoms with Gasteiger partial charge in [-0.15, -0.1) is 0 Å². The summed E-state index contributed by atoms with van der Waals surface area (Å²) in [6.07, 6.45) is -0.0612. The minimum Gasteiger partial charge on any atom is -0.437 e. The van der Waals surface area contributed by atoms with Crippen LogP contribution in [-0.2, 0) is 28.6 Å². The maximum Gasteiger partial charge on any atom is 0.330 e. The number of methoxy groups -OCH3 is 1. The first kappa shape index (κ1) is 19.2. The van der Waals surface area contributed by atoms with E-state index in [1.165, 1.54) is 14.0 Å². The number of hydrogen-bond donors (Lipinski definition) is 2. The molecule has 0 spiro atoms. The number of ether oxygens (including phenoxy) is 3. The Morgan fingerprint density at radius 1 is 1.33 bits per heavy atom. The van der Waals surface area contributed by atoms with Crippen LogP contribution in [0.15, 0.2) is 0 Å². The molecule has 0 aromatic heterocycles. The number of hydrogen-bond acceptors (Lipinski definition) is 7. The zero-order chi connectivity index (χ0) is 16.3. The molecule has 8 heteroatoms. The Balaban J connectivity index is 4.59. The van der Waals surface area contributed by atoms with Crippen molar-refractivity contribution in [3.05, 3.63) is 0 Å². The SMILES string of the molecule is CCOCOC(=O)[C@H](CCC(=O)C=N)NC(=O)[C@H](C)OC. The number of carbonyl (C=O) groups is 3. The molecule has 120 valence electrons. The van der Waals surface area contributed by atoms with E-state index < -0.39 is 29.8 Å². The fraction of sp³-hybridized carbons (Fsp3) is 0.692. The summed E-state index contributed by atoms with van der Waals surface area (Å²) in [4.78, 5) is 34.7. The molecule has 0 aromatic rings. The number of esters is 1. The molecule has 1 amide bonds. The number of ketones is 1. The second-order valence-corrected chi connectivity index (χ2v) is 4.16. The van der Waals surface area contributed by atoms with Gasteiger partial charge >= 0.3 is 5.97 Å². The van der Waals surface area contributed by atoms with Gasteiger partial charge in [0.25, 0.3) is 0 Å². The van der Waals surface area contributed by atoms with Crippen LogP contribution < -0.4 is 5.32 Å². The molecule has 0 aliphatic heterocycles. The highest BCUT2D eigenvalue weighted by Gasteiger charge is 2.25. The summed E-state index contributed by atoms with van der Waals surface area (Å²) in [6, 6.07) is -0.987. The minimum atomic E-state index is -0.987. The molecule has 2 atom stereocenters. The molecule has 0 heterocycles. The van der Waals surface area contributed by atoms with Crippen molar-refractivity contribution in [2.45, 2.75) is 38.8 Å². The van der Waals surface area contributed by atoms with Gasteiger partial charge in [0, 0.05) is 20.1 Å². The van der Waals surface area contributed by atoms with E-state index in [4.69, 9.17) is 19.6 Å². The first-order valence-corrected chi connectivity index (χ1v) is 6.57. The van der Waals surface area contributed by atoms with Gasteiger partial charge in [-0.05, 0) is 20.3 Å². The average Bonchev–Trinajstić information content (AvgIpc) is 2.49. The minimum absolute atomic E-state index is 0.0421. The standard InChI is InChI=1S/C13H22N2O6/c1-4-20-8-21-13(18)11(6-5-10(16)7-14)15-12(17)9(2)19-3/h7,9,11,14H,4-6,8H2,1-3H3,(H,15,17)/t9-,11-/m0/s1. The Hall–Kier alpha value is -1.80. The molecule has 0 aliphatic carbocycles. The lowest BCUT2D eigenvalue weighted by Gasteiger charge is -2.19. The predicted molar refractivity (Wildman–Crippen MR) is 74.0 cm³/mol. The van der Waals surface area contributed by atoms with Crippen LogP contribution in [0.25, 0.3) is 0 Å². The summed E-state index contributed by atoms with van der Waals surface area (Å²) in [6.45, 7) is 3.44. The smallest absolute Gasteiger partial charge is 0.330 e. The van der Waals surface area contributed by atoms with Crippen LogP contribution in [0.4, 0.5) is 0 Å². The van der Waals surface area contributed by atoms with Crippen molar-refractivity contribution in [2.75, 3.05) is 20.5 Å². The Labute approximate surface area is 123 Å². The van der Waals surface area contributed by atoms with E-state index >= 15 is 0 Å². The normalized spacial score (nSPS) is 13.1. The second-order valence-electron chi connectivity index (χ2n) is 4.16. The number of Topliss-reactive ketones (excluding diaryl/α,β-unsaturated/α-hetero) is 1. The van der Waals surface area contributed by atoms with E-state index in [1.807, 2.05) is 0 Å². The molecular weight excluding hydrogens is 280 g/mol. The van der Waals surface area contributed by atoms with Gasteiger partial charge in [-0.25, -0.2) is 4.79 Å². The summed E-state index contributed by atoms with van der Waals surface area (Å²) < 4.78 is 14.6. The average molecular weight is 302 g/mol. The van der Waals surface area contributed by atoms with Gasteiger partial charge in [0.05, 0.1) is 6.21 Å². The Kier molecular flexibility index (Phi) is 9.99. The summed E-state index contributed by atoms with van der Waals surface area (Å²) in [5.74, 6) is -1.62. The van der Waals surface area contributed by atoms with Crippen molar-refractivity contribution >= 4 is 23.9 Å². The third-order valence-electron chi connectivity index (χ3n) is 2.65. The van der Waals surface area contributed by atoms with E-state index in [2.05, 4.69) is 5.32 Å². The number of nitrogens with one attached hydrogen (secondary N) is 2. The second kappa shape index (κ2) is 10.9. The van der Waals surface area contributed by atoms with Crippen LogP contribution in [0.3, 0.4) is 0 Å². The van der Waals surface area contributed by atoms with E-state index in [-0.39, 0.29) is 19.6 Å². The van der Waals surface area contributed by atoms with Crippen LogP contribution in [0, 0.1) is 5.41 Å². The predicted octanol–water partition coefficient (Wildman–Crippen LogP) is 0.0422. The van der Waals surface area contributed by atoms with E-state index in [0.29, 0.717) is 12.8 Å². The molecule has 0 aliphatic rings. The van der Waals surface area contributed by atoms with Crippen molar-refractivity contribution in [3.63, 3.8) is 0 Å². The molecule has 0 saturated heterocycles. The third-order valence-corrected chi connectivity index (χ3v) is 2.65. The van der Waals surface area contributed by atoms with Crippen molar-refractivity contribution in [1.82, 2.24) is 5.32 Å². The van der Waals surface area contributed by atoms with Crippen molar-refractivity contribution in [3.8, 4) is 0 Å². The molecule has 21 heavy (non-hydrogen) atoms. The quantitative estimate of drug-likeness (QED) is 0.241. The zero-order valence-electron chi connectivity index (χ0n) is 12.5. The van der Waals surface area contributed by atoms with Crippen molar-refractivity contribution < 1.29 is 28.6 Å². The molecule has 0 rings (SSSR count). The van der Waals surface area contributed by atoms with Gasteiger partial charge in [0.1, 0.15) is 12.1 Å².